The number of alkyl halides is 1. The van der Waals surface area contributed by atoms with Crippen molar-refractivity contribution in [1.82, 2.24) is 0 Å². The van der Waals surface area contributed by atoms with Gasteiger partial charge in [0.05, 0.1) is 6.10 Å². The number of rotatable bonds is 4. The van der Waals surface area contributed by atoms with E-state index in [0.717, 1.165) is 41.2 Å². The molecule has 1 fully saturated rings. The average molecular weight is 319 g/mol. The third kappa shape index (κ3) is 3.36. The van der Waals surface area contributed by atoms with Crippen LogP contribution in [0.2, 0.25) is 5.02 Å². The molecule has 1 aliphatic heterocycles. The zero-order valence-corrected chi connectivity index (χ0v) is 12.3. The highest BCUT2D eigenvalue weighted by Gasteiger charge is 2.17. The molecule has 1 aliphatic rings. The molecule has 0 amide bonds. The summed E-state index contributed by atoms with van der Waals surface area (Å²) in [6, 6.07) is 6.20. The molecule has 0 aliphatic carbocycles. The van der Waals surface area contributed by atoms with E-state index in [2.05, 4.69) is 40.0 Å². The monoisotopic (exact) mass is 317 g/mol. The maximum atomic E-state index is 6.20. The number of benzene rings is 1. The Morgan fingerprint density at radius 1 is 1.53 bits per heavy atom. The summed E-state index contributed by atoms with van der Waals surface area (Å²) < 4.78 is 5.64. The van der Waals surface area contributed by atoms with Gasteiger partial charge < -0.3 is 9.64 Å². The van der Waals surface area contributed by atoms with Gasteiger partial charge in [0.25, 0.3) is 0 Å². The SMILES string of the molecule is CN(CC1CCCO1)c1ccc(CBr)c(Cl)c1. The van der Waals surface area contributed by atoms with Gasteiger partial charge in [0.15, 0.2) is 0 Å². The predicted molar refractivity (Wildman–Crippen MR) is 76.3 cm³/mol. The molecule has 0 radical (unpaired) electrons. The number of anilines is 1. The largest absolute Gasteiger partial charge is 0.376 e. The van der Waals surface area contributed by atoms with Crippen LogP contribution >= 0.6 is 27.5 Å². The molecule has 2 rings (SSSR count). The lowest BCUT2D eigenvalue weighted by molar-refractivity contribution is 0.116. The lowest BCUT2D eigenvalue weighted by Gasteiger charge is -2.23. The molecule has 4 heteroatoms. The Morgan fingerprint density at radius 3 is 2.94 bits per heavy atom. The zero-order chi connectivity index (χ0) is 12.3. The summed E-state index contributed by atoms with van der Waals surface area (Å²) in [6.45, 7) is 1.84. The van der Waals surface area contributed by atoms with Crippen molar-refractivity contribution >= 4 is 33.2 Å². The Hall–Kier alpha value is -0.250. The topological polar surface area (TPSA) is 12.5 Å². The summed E-state index contributed by atoms with van der Waals surface area (Å²) in [6.07, 6.45) is 2.72. The lowest BCUT2D eigenvalue weighted by Crippen LogP contribution is -2.28. The minimum absolute atomic E-state index is 0.370. The fourth-order valence-electron chi connectivity index (χ4n) is 2.08. The molecule has 94 valence electrons. The molecule has 1 unspecified atom stereocenters. The zero-order valence-electron chi connectivity index (χ0n) is 9.96. The molecule has 1 aromatic carbocycles. The first kappa shape index (κ1) is 13.2. The van der Waals surface area contributed by atoms with E-state index in [4.69, 9.17) is 16.3 Å². The van der Waals surface area contributed by atoms with Crippen LogP contribution in [-0.2, 0) is 10.1 Å². The molecule has 0 N–H and O–H groups in total. The van der Waals surface area contributed by atoms with Crippen molar-refractivity contribution in [2.24, 2.45) is 0 Å². The van der Waals surface area contributed by atoms with Gasteiger partial charge in [-0.2, -0.15) is 0 Å². The summed E-state index contributed by atoms with van der Waals surface area (Å²) in [7, 11) is 2.08. The van der Waals surface area contributed by atoms with Crippen LogP contribution in [0.1, 0.15) is 18.4 Å². The molecule has 17 heavy (non-hydrogen) atoms. The van der Waals surface area contributed by atoms with E-state index in [-0.39, 0.29) is 0 Å². The Bertz CT molecular complexity index is 380. The van der Waals surface area contributed by atoms with Crippen molar-refractivity contribution in [2.45, 2.75) is 24.3 Å². The van der Waals surface area contributed by atoms with Crippen molar-refractivity contribution in [3.8, 4) is 0 Å². The minimum Gasteiger partial charge on any atom is -0.376 e. The molecule has 0 spiro atoms. The molecule has 1 heterocycles. The lowest BCUT2D eigenvalue weighted by atomic mass is 10.2. The summed E-state index contributed by atoms with van der Waals surface area (Å²) in [4.78, 5) is 2.21. The van der Waals surface area contributed by atoms with Gasteiger partial charge in [0.2, 0.25) is 0 Å². The van der Waals surface area contributed by atoms with Crippen molar-refractivity contribution in [1.29, 1.82) is 0 Å². The summed E-state index contributed by atoms with van der Waals surface area (Å²) in [5.41, 5.74) is 2.27. The second kappa shape index (κ2) is 6.07. The van der Waals surface area contributed by atoms with Gasteiger partial charge in [0.1, 0.15) is 0 Å². The smallest absolute Gasteiger partial charge is 0.0750 e. The first-order valence-corrected chi connectivity index (χ1v) is 7.38. The van der Waals surface area contributed by atoms with E-state index >= 15 is 0 Å². The molecule has 1 aromatic rings. The van der Waals surface area contributed by atoms with Gasteiger partial charge in [-0.1, -0.05) is 33.6 Å². The van der Waals surface area contributed by atoms with Crippen LogP contribution in [0.5, 0.6) is 0 Å². The van der Waals surface area contributed by atoms with Gasteiger partial charge in [-0.25, -0.2) is 0 Å². The van der Waals surface area contributed by atoms with Crippen LogP contribution in [0.4, 0.5) is 5.69 Å². The molecular formula is C13H17BrClNO. The summed E-state index contributed by atoms with van der Waals surface area (Å²) >= 11 is 9.63. The number of likely N-dealkylation sites (N-methyl/N-ethyl adjacent to an activating group) is 1. The van der Waals surface area contributed by atoms with Gasteiger partial charge in [-0.15, -0.1) is 0 Å². The second-order valence-corrected chi connectivity index (χ2v) is 5.39. The average Bonchev–Trinajstić information content (AvgIpc) is 2.81. The normalized spacial score (nSPS) is 19.6. The molecule has 0 saturated carbocycles. The number of ether oxygens (including phenoxy) is 1. The Labute approximate surface area is 116 Å². The van der Waals surface area contributed by atoms with Crippen LogP contribution in [0.25, 0.3) is 0 Å². The third-order valence-electron chi connectivity index (χ3n) is 3.12. The second-order valence-electron chi connectivity index (χ2n) is 4.42. The highest BCUT2D eigenvalue weighted by molar-refractivity contribution is 9.08. The van der Waals surface area contributed by atoms with Crippen LogP contribution < -0.4 is 4.90 Å². The van der Waals surface area contributed by atoms with Crippen LogP contribution in [0.15, 0.2) is 18.2 Å². The van der Waals surface area contributed by atoms with Gasteiger partial charge >= 0.3 is 0 Å². The molecule has 0 bridgehead atoms. The molecule has 0 aromatic heterocycles. The molecule has 1 atom stereocenters. The van der Waals surface area contributed by atoms with Gasteiger partial charge in [0, 0.05) is 36.2 Å². The summed E-state index contributed by atoms with van der Waals surface area (Å²) in [5.74, 6) is 0. The molecular weight excluding hydrogens is 302 g/mol. The Morgan fingerprint density at radius 2 is 2.35 bits per heavy atom. The van der Waals surface area contributed by atoms with E-state index in [9.17, 15) is 0 Å². The highest BCUT2D eigenvalue weighted by atomic mass is 79.9. The van der Waals surface area contributed by atoms with Crippen LogP contribution in [-0.4, -0.2) is 26.3 Å². The van der Waals surface area contributed by atoms with E-state index in [1.807, 2.05) is 6.07 Å². The summed E-state index contributed by atoms with van der Waals surface area (Å²) in [5, 5.41) is 1.61. The van der Waals surface area contributed by atoms with Crippen LogP contribution in [0, 0.1) is 0 Å². The van der Waals surface area contributed by atoms with Crippen molar-refractivity contribution in [3.63, 3.8) is 0 Å². The van der Waals surface area contributed by atoms with Crippen molar-refractivity contribution < 1.29 is 4.74 Å². The minimum atomic E-state index is 0.370. The van der Waals surface area contributed by atoms with Gasteiger partial charge in [-0.3, -0.25) is 0 Å². The molecule has 2 nitrogen and oxygen atoms in total. The highest BCUT2D eigenvalue weighted by Crippen LogP contribution is 2.25. The Balaban J connectivity index is 2.02. The first-order chi connectivity index (χ1) is 8.20. The maximum Gasteiger partial charge on any atom is 0.0750 e. The van der Waals surface area contributed by atoms with E-state index < -0.39 is 0 Å². The fraction of sp³-hybridized carbons (Fsp3) is 0.538. The Kier molecular flexibility index (Phi) is 4.71. The van der Waals surface area contributed by atoms with E-state index in [1.54, 1.807) is 0 Å². The number of hydrogen-bond donors (Lipinski definition) is 0. The quantitative estimate of drug-likeness (QED) is 0.782. The van der Waals surface area contributed by atoms with Crippen molar-refractivity contribution in [2.75, 3.05) is 25.1 Å². The number of nitrogens with zero attached hydrogens (tertiary/aromatic N) is 1. The van der Waals surface area contributed by atoms with Gasteiger partial charge in [-0.05, 0) is 30.5 Å². The fourth-order valence-corrected chi connectivity index (χ4v) is 2.97. The number of hydrogen-bond acceptors (Lipinski definition) is 2. The van der Waals surface area contributed by atoms with Crippen molar-refractivity contribution in [3.05, 3.63) is 28.8 Å². The van der Waals surface area contributed by atoms with E-state index in [0.29, 0.717) is 6.10 Å². The number of halogens is 2. The predicted octanol–water partition coefficient (Wildman–Crippen LogP) is 3.85. The standard InChI is InChI=1S/C13H17BrClNO/c1-16(9-12-3-2-6-17-12)11-5-4-10(8-14)13(15)7-11/h4-5,7,12H,2-3,6,8-9H2,1H3. The van der Waals surface area contributed by atoms with Crippen LogP contribution in [0.3, 0.4) is 0 Å². The molecule has 1 saturated heterocycles. The first-order valence-electron chi connectivity index (χ1n) is 5.88. The van der Waals surface area contributed by atoms with E-state index in [1.165, 1.54) is 6.42 Å². The third-order valence-corrected chi connectivity index (χ3v) is 4.08. The maximum absolute atomic E-state index is 6.20.